The smallest absolute Gasteiger partial charge is 0.302 e. The van der Waals surface area contributed by atoms with Gasteiger partial charge in [0, 0.05) is 38.5 Å². The Morgan fingerprint density at radius 3 is 2.35 bits per heavy atom. The van der Waals surface area contributed by atoms with Gasteiger partial charge < -0.3 is 39.4 Å². The van der Waals surface area contributed by atoms with Crippen LogP contribution in [-0.2, 0) is 33.3 Å². The Labute approximate surface area is 284 Å². The molecule has 1 saturated heterocycles. The molecule has 1 heterocycles. The molecule has 0 aromatic carbocycles. The van der Waals surface area contributed by atoms with Crippen molar-refractivity contribution in [2.75, 3.05) is 13.2 Å². The van der Waals surface area contributed by atoms with Crippen LogP contribution >= 0.6 is 0 Å². The van der Waals surface area contributed by atoms with Gasteiger partial charge in [-0.25, -0.2) is 0 Å². The lowest BCUT2D eigenvalue weighted by atomic mass is 9.47. The SMILES string of the molecule is CC(=O)OC1CC[C@@]2(C)C(=CCC3C2CC[C@@]2(C)C3CC(OC(C)=O)[C@@H]2[C@H](C)C(=O)CCC(C)COC2O[C@H](CO)[C@@H](O)[C@H](O)[C@H]2O)C1. The van der Waals surface area contributed by atoms with Crippen molar-refractivity contribution < 1.29 is 53.8 Å². The second-order valence-corrected chi connectivity index (χ2v) is 16.1. The van der Waals surface area contributed by atoms with Gasteiger partial charge in [-0.1, -0.05) is 39.3 Å². The van der Waals surface area contributed by atoms with E-state index in [0.29, 0.717) is 30.6 Å². The number of hydrogen-bond donors (Lipinski definition) is 4. The van der Waals surface area contributed by atoms with Crippen molar-refractivity contribution >= 4 is 17.7 Å². The summed E-state index contributed by atoms with van der Waals surface area (Å²) in [5.74, 6) is 0.398. The van der Waals surface area contributed by atoms with Crippen LogP contribution in [0.15, 0.2) is 11.6 Å². The summed E-state index contributed by atoms with van der Waals surface area (Å²) in [4.78, 5) is 37.9. The highest BCUT2D eigenvalue weighted by Gasteiger charge is 2.63. The molecule has 0 aromatic heterocycles. The monoisotopic (exact) mass is 678 g/mol. The summed E-state index contributed by atoms with van der Waals surface area (Å²) in [5.41, 5.74) is 1.33. The Morgan fingerprint density at radius 2 is 1.69 bits per heavy atom. The van der Waals surface area contributed by atoms with Crippen LogP contribution in [0, 0.1) is 46.3 Å². The molecule has 7 unspecified atom stereocenters. The van der Waals surface area contributed by atoms with E-state index in [0.717, 1.165) is 44.9 Å². The molecule has 4 aliphatic carbocycles. The van der Waals surface area contributed by atoms with E-state index in [2.05, 4.69) is 19.9 Å². The van der Waals surface area contributed by atoms with Crippen LogP contribution in [0.1, 0.15) is 99.3 Å². The van der Waals surface area contributed by atoms with Crippen LogP contribution in [0.3, 0.4) is 0 Å². The van der Waals surface area contributed by atoms with Crippen LogP contribution in [0.25, 0.3) is 0 Å². The maximum atomic E-state index is 13.9. The van der Waals surface area contributed by atoms with Crippen molar-refractivity contribution in [3.63, 3.8) is 0 Å². The summed E-state index contributed by atoms with van der Waals surface area (Å²) >= 11 is 0. The fourth-order valence-corrected chi connectivity index (χ4v) is 10.6. The Balaban J connectivity index is 1.23. The van der Waals surface area contributed by atoms with Gasteiger partial charge in [-0.2, -0.15) is 0 Å². The third-order valence-electron chi connectivity index (χ3n) is 13.1. The number of ether oxygens (including phenoxy) is 4. The first-order valence-electron chi connectivity index (χ1n) is 18.1. The Hall–Kier alpha value is -1.89. The van der Waals surface area contributed by atoms with Gasteiger partial charge >= 0.3 is 11.9 Å². The second-order valence-electron chi connectivity index (χ2n) is 16.1. The van der Waals surface area contributed by atoms with Crippen molar-refractivity contribution in [1.82, 2.24) is 0 Å². The van der Waals surface area contributed by atoms with E-state index >= 15 is 0 Å². The Kier molecular flexibility index (Phi) is 11.5. The van der Waals surface area contributed by atoms with Gasteiger partial charge in [-0.15, -0.1) is 0 Å². The van der Waals surface area contributed by atoms with Gasteiger partial charge in [0.15, 0.2) is 6.29 Å². The highest BCUT2D eigenvalue weighted by Crippen LogP contribution is 2.67. The van der Waals surface area contributed by atoms with Crippen LogP contribution in [-0.4, -0.2) is 94.3 Å². The molecule has 5 aliphatic rings. The van der Waals surface area contributed by atoms with E-state index in [4.69, 9.17) is 18.9 Å². The first-order chi connectivity index (χ1) is 22.6. The number of aliphatic hydroxyl groups excluding tert-OH is 4. The molecule has 0 aromatic rings. The predicted octanol–water partition coefficient (Wildman–Crippen LogP) is 3.48. The number of carbonyl (C=O) groups excluding carboxylic acids is 3. The van der Waals surface area contributed by atoms with Crippen LogP contribution < -0.4 is 0 Å². The lowest BCUT2D eigenvalue weighted by molar-refractivity contribution is -0.303. The van der Waals surface area contributed by atoms with E-state index in [1.807, 2.05) is 13.8 Å². The molecule has 11 nitrogen and oxygen atoms in total. The standard InChI is InChI=1S/C37H58O11/c1-19(18-45-35-34(44)33(43)32(42)30(17-38)48-35)7-10-28(41)20(2)31-29(47-22(4)40)16-27-25-9-8-23-15-24(46-21(3)39)11-13-36(23,5)26(25)12-14-37(27,31)6/h8,19-20,24-27,29-35,38,42-44H,7,9-18H2,1-6H3/t19?,20-,24?,25?,26?,27?,29?,30-,31+,32-,33+,34-,35?,36+,37+/m1/s1. The van der Waals surface area contributed by atoms with Crippen LogP contribution in [0.4, 0.5) is 0 Å². The molecular weight excluding hydrogens is 620 g/mol. The molecule has 0 spiro atoms. The third kappa shape index (κ3) is 7.15. The topological polar surface area (TPSA) is 169 Å². The molecule has 0 bridgehead atoms. The molecule has 1 aliphatic heterocycles. The summed E-state index contributed by atoms with van der Waals surface area (Å²) < 4.78 is 22.8. The molecule has 48 heavy (non-hydrogen) atoms. The number of Topliss-reactive ketones (excluding diaryl/α,β-unsaturated/α-hetero) is 1. The first kappa shape index (κ1) is 37.4. The predicted molar refractivity (Wildman–Crippen MR) is 174 cm³/mol. The maximum absolute atomic E-state index is 13.9. The van der Waals surface area contributed by atoms with E-state index in [-0.39, 0.29) is 65.1 Å². The minimum atomic E-state index is -1.51. The number of aliphatic hydroxyl groups is 4. The number of hydrogen-bond acceptors (Lipinski definition) is 11. The van der Waals surface area contributed by atoms with Crippen molar-refractivity contribution in [3.8, 4) is 0 Å². The summed E-state index contributed by atoms with van der Waals surface area (Å²) in [5, 5.41) is 39.8. The fourth-order valence-electron chi connectivity index (χ4n) is 10.6. The Bertz CT molecular complexity index is 1220. The molecule has 4 fully saturated rings. The summed E-state index contributed by atoms with van der Waals surface area (Å²) in [6.07, 6.45) is 2.63. The quantitative estimate of drug-likeness (QED) is 0.187. The summed E-state index contributed by atoms with van der Waals surface area (Å²) in [7, 11) is 0. The van der Waals surface area contributed by atoms with E-state index < -0.39 is 37.3 Å². The van der Waals surface area contributed by atoms with E-state index in [1.165, 1.54) is 19.4 Å². The van der Waals surface area contributed by atoms with Gasteiger partial charge in [-0.3, -0.25) is 14.4 Å². The minimum absolute atomic E-state index is 0.0506. The Morgan fingerprint density at radius 1 is 0.979 bits per heavy atom. The normalized spacial score (nSPS) is 43.5. The highest BCUT2D eigenvalue weighted by atomic mass is 16.7. The van der Waals surface area contributed by atoms with Gasteiger partial charge in [0.2, 0.25) is 0 Å². The number of carbonyl (C=O) groups is 3. The lowest BCUT2D eigenvalue weighted by Gasteiger charge is -2.58. The largest absolute Gasteiger partial charge is 0.462 e. The van der Waals surface area contributed by atoms with Gasteiger partial charge in [-0.05, 0) is 79.4 Å². The van der Waals surface area contributed by atoms with Crippen molar-refractivity contribution in [2.24, 2.45) is 46.3 Å². The number of ketones is 1. The molecule has 15 atom stereocenters. The van der Waals surface area contributed by atoms with Gasteiger partial charge in [0.25, 0.3) is 0 Å². The number of rotatable bonds is 11. The average molecular weight is 679 g/mol. The maximum Gasteiger partial charge on any atom is 0.302 e. The van der Waals surface area contributed by atoms with Crippen molar-refractivity contribution in [3.05, 3.63) is 11.6 Å². The lowest BCUT2D eigenvalue weighted by Crippen LogP contribution is -2.59. The van der Waals surface area contributed by atoms with Crippen molar-refractivity contribution in [2.45, 2.75) is 142 Å². The molecule has 3 saturated carbocycles. The number of esters is 2. The number of allylic oxidation sites excluding steroid dienone is 1. The van der Waals surface area contributed by atoms with Gasteiger partial charge in [0.05, 0.1) is 13.2 Å². The highest BCUT2D eigenvalue weighted by molar-refractivity contribution is 5.81. The third-order valence-corrected chi connectivity index (χ3v) is 13.1. The molecule has 0 radical (unpaired) electrons. The van der Waals surface area contributed by atoms with E-state index in [1.54, 1.807) is 0 Å². The molecule has 0 amide bonds. The van der Waals surface area contributed by atoms with E-state index in [9.17, 15) is 34.8 Å². The zero-order valence-electron chi connectivity index (χ0n) is 29.5. The first-order valence-corrected chi connectivity index (χ1v) is 18.1. The fraction of sp³-hybridized carbons (Fsp3) is 0.865. The summed E-state index contributed by atoms with van der Waals surface area (Å²) in [6.45, 7) is 11.2. The molecular formula is C37H58O11. The van der Waals surface area contributed by atoms with Gasteiger partial charge in [0.1, 0.15) is 42.4 Å². The molecule has 5 rings (SSSR count). The molecule has 11 heteroatoms. The number of fused-ring (bicyclic) bond motifs is 5. The molecule has 272 valence electrons. The van der Waals surface area contributed by atoms with Crippen molar-refractivity contribution in [1.29, 1.82) is 0 Å². The molecule has 4 N–H and O–H groups in total. The zero-order chi connectivity index (χ0) is 35.1. The summed E-state index contributed by atoms with van der Waals surface area (Å²) in [6, 6.07) is 0. The van der Waals surface area contributed by atoms with Crippen LogP contribution in [0.2, 0.25) is 0 Å². The second kappa shape index (κ2) is 14.8. The minimum Gasteiger partial charge on any atom is -0.462 e. The van der Waals surface area contributed by atoms with Crippen LogP contribution in [0.5, 0.6) is 0 Å². The average Bonchev–Trinajstić information content (AvgIpc) is 3.32. The zero-order valence-corrected chi connectivity index (χ0v) is 29.5.